The fourth-order valence-electron chi connectivity index (χ4n) is 4.63. The third-order valence-corrected chi connectivity index (χ3v) is 6.30. The topological polar surface area (TPSA) is 144 Å². The Labute approximate surface area is 183 Å². The van der Waals surface area contributed by atoms with Gasteiger partial charge in [-0.2, -0.15) is 0 Å². The van der Waals surface area contributed by atoms with Crippen LogP contribution in [0.1, 0.15) is 57.3 Å². The fourth-order valence-corrected chi connectivity index (χ4v) is 4.63. The van der Waals surface area contributed by atoms with Crippen LogP contribution in [-0.2, 0) is 22.7 Å². The molecule has 2 saturated heterocycles. The number of hydrogen-bond donors (Lipinski definition) is 2. The second kappa shape index (κ2) is 7.92. The van der Waals surface area contributed by atoms with Crippen molar-refractivity contribution in [1.29, 1.82) is 0 Å². The summed E-state index contributed by atoms with van der Waals surface area (Å²) in [5.74, 6) is -1.98. The monoisotopic (exact) mass is 437 g/mol. The van der Waals surface area contributed by atoms with Crippen LogP contribution in [0.4, 0.5) is 0 Å². The highest BCUT2D eigenvalue weighted by Gasteiger charge is 2.44. The summed E-state index contributed by atoms with van der Waals surface area (Å²) in [7, 11) is 0. The van der Waals surface area contributed by atoms with Crippen LogP contribution in [0.2, 0.25) is 0 Å². The van der Waals surface area contributed by atoms with E-state index in [0.29, 0.717) is 24.2 Å². The third kappa shape index (κ3) is 3.49. The van der Waals surface area contributed by atoms with Gasteiger partial charge in [0.2, 0.25) is 11.8 Å². The van der Waals surface area contributed by atoms with Crippen LogP contribution in [0.15, 0.2) is 24.4 Å². The number of aromatic nitrogens is 3. The lowest BCUT2D eigenvalue weighted by Gasteiger charge is -2.27. The maximum absolute atomic E-state index is 13.0. The zero-order valence-corrected chi connectivity index (χ0v) is 17.4. The Morgan fingerprint density at radius 3 is 2.66 bits per heavy atom. The first-order valence-corrected chi connectivity index (χ1v) is 10.6. The van der Waals surface area contributed by atoms with Crippen molar-refractivity contribution in [1.82, 2.24) is 30.1 Å². The normalized spacial score (nSPS) is 23.7. The highest BCUT2D eigenvalue weighted by Crippen LogP contribution is 2.29. The van der Waals surface area contributed by atoms with Crippen molar-refractivity contribution >= 4 is 23.6 Å². The highest BCUT2D eigenvalue weighted by molar-refractivity contribution is 6.23. The lowest BCUT2D eigenvalue weighted by atomic mass is 10.0. The Kier molecular flexibility index (Phi) is 5.06. The molecule has 0 radical (unpaired) electrons. The fraction of sp³-hybridized carbons (Fsp3) is 0.429. The number of piperidine rings is 1. The number of carbonyl (C=O) groups excluding carboxylic acids is 4. The molecule has 1 aromatic heterocycles. The van der Waals surface area contributed by atoms with Crippen molar-refractivity contribution in [2.75, 3.05) is 13.1 Å². The molecule has 32 heavy (non-hydrogen) atoms. The average Bonchev–Trinajstić information content (AvgIpc) is 3.49. The van der Waals surface area contributed by atoms with E-state index in [1.807, 2.05) is 16.9 Å². The zero-order valence-electron chi connectivity index (χ0n) is 17.4. The number of rotatable bonds is 5. The molecule has 166 valence electrons. The van der Waals surface area contributed by atoms with E-state index in [1.54, 1.807) is 12.1 Å². The van der Waals surface area contributed by atoms with Crippen LogP contribution in [0.3, 0.4) is 0 Å². The first-order valence-electron chi connectivity index (χ1n) is 10.6. The van der Waals surface area contributed by atoms with Crippen LogP contribution in [-0.4, -0.2) is 67.6 Å². The molecule has 4 heterocycles. The predicted octanol–water partition coefficient (Wildman–Crippen LogP) is -0.415. The molecule has 2 unspecified atom stereocenters. The molecule has 0 spiro atoms. The minimum absolute atomic E-state index is 0.101. The van der Waals surface area contributed by atoms with Crippen molar-refractivity contribution in [3.63, 3.8) is 0 Å². The summed E-state index contributed by atoms with van der Waals surface area (Å²) in [6.07, 6.45) is 3.05. The molecule has 5 rings (SSSR count). The van der Waals surface area contributed by atoms with Crippen molar-refractivity contribution in [2.45, 2.75) is 44.4 Å². The van der Waals surface area contributed by atoms with Gasteiger partial charge in [-0.15, -0.1) is 5.10 Å². The molecule has 3 N–H and O–H groups in total. The van der Waals surface area contributed by atoms with Crippen LogP contribution in [0, 0.1) is 0 Å². The average molecular weight is 437 g/mol. The number of fused-ring (bicyclic) bond motifs is 1. The van der Waals surface area contributed by atoms with E-state index in [4.69, 9.17) is 5.73 Å². The Morgan fingerprint density at radius 1 is 1.09 bits per heavy atom. The van der Waals surface area contributed by atoms with Crippen LogP contribution in [0.5, 0.6) is 0 Å². The molecule has 2 fully saturated rings. The summed E-state index contributed by atoms with van der Waals surface area (Å²) in [4.78, 5) is 52.7. The summed E-state index contributed by atoms with van der Waals surface area (Å²) in [6, 6.07) is 4.48. The first-order chi connectivity index (χ1) is 15.4. The smallest absolute Gasteiger partial charge is 0.262 e. The van der Waals surface area contributed by atoms with Gasteiger partial charge in [-0.1, -0.05) is 11.3 Å². The van der Waals surface area contributed by atoms with Gasteiger partial charge >= 0.3 is 0 Å². The van der Waals surface area contributed by atoms with Gasteiger partial charge in [0.25, 0.3) is 11.8 Å². The second-order valence-corrected chi connectivity index (χ2v) is 8.40. The van der Waals surface area contributed by atoms with Crippen molar-refractivity contribution in [3.8, 4) is 0 Å². The number of benzene rings is 1. The van der Waals surface area contributed by atoms with E-state index in [2.05, 4.69) is 20.5 Å². The standard InChI is InChI=1S/C21H23N7O4/c22-8-13-10-27(25-24-13)14-5-6-26(11-14)9-12-1-2-15-16(7-12)21(32)28(20(15)31)17-3-4-18(29)23-19(17)30/h1-2,7,10,14,17H,3-6,8-9,11,22H2,(H,23,29,30). The number of nitrogens with zero attached hydrogens (tertiary/aromatic N) is 5. The van der Waals surface area contributed by atoms with Crippen LogP contribution >= 0.6 is 0 Å². The van der Waals surface area contributed by atoms with E-state index in [1.165, 1.54) is 0 Å². The predicted molar refractivity (Wildman–Crippen MR) is 110 cm³/mol. The molecule has 2 atom stereocenters. The van der Waals surface area contributed by atoms with E-state index in [9.17, 15) is 19.2 Å². The molecule has 2 aromatic rings. The second-order valence-electron chi connectivity index (χ2n) is 8.40. The molecule has 3 aliphatic heterocycles. The molecular formula is C21H23N7O4. The Balaban J connectivity index is 1.29. The summed E-state index contributed by atoms with van der Waals surface area (Å²) >= 11 is 0. The minimum Gasteiger partial charge on any atom is -0.325 e. The summed E-state index contributed by atoms with van der Waals surface area (Å²) < 4.78 is 1.85. The largest absolute Gasteiger partial charge is 0.325 e. The van der Waals surface area contributed by atoms with Gasteiger partial charge in [-0.3, -0.25) is 34.3 Å². The van der Waals surface area contributed by atoms with Gasteiger partial charge in [-0.05, 0) is 30.5 Å². The minimum atomic E-state index is -0.955. The zero-order chi connectivity index (χ0) is 22.4. The van der Waals surface area contributed by atoms with Gasteiger partial charge in [0, 0.05) is 32.6 Å². The van der Waals surface area contributed by atoms with Crippen molar-refractivity contribution in [3.05, 3.63) is 46.8 Å². The quantitative estimate of drug-likeness (QED) is 0.601. The number of amides is 4. The molecule has 4 amide bonds. The number of carbonyl (C=O) groups is 4. The maximum Gasteiger partial charge on any atom is 0.262 e. The highest BCUT2D eigenvalue weighted by atomic mass is 16.2. The SMILES string of the molecule is NCc1cn(C2CCN(Cc3ccc4c(c3)C(=O)N(C3CCC(=O)NC3=O)C4=O)C2)nn1. The lowest BCUT2D eigenvalue weighted by Crippen LogP contribution is -2.54. The Bertz CT molecular complexity index is 1130. The molecule has 11 nitrogen and oxygen atoms in total. The van der Waals surface area contributed by atoms with E-state index < -0.39 is 23.8 Å². The number of likely N-dealkylation sites (tertiary alicyclic amines) is 1. The van der Waals surface area contributed by atoms with Crippen molar-refractivity contribution < 1.29 is 19.2 Å². The summed E-state index contributed by atoms with van der Waals surface area (Å²) in [6.45, 7) is 2.64. The molecule has 0 aliphatic carbocycles. The molecule has 1 aromatic carbocycles. The van der Waals surface area contributed by atoms with Gasteiger partial charge in [0.05, 0.1) is 29.1 Å². The molecule has 0 saturated carbocycles. The summed E-state index contributed by atoms with van der Waals surface area (Å²) in [5.41, 5.74) is 7.87. The van der Waals surface area contributed by atoms with Crippen LogP contribution < -0.4 is 11.1 Å². The number of nitrogens with one attached hydrogen (secondary N) is 1. The van der Waals surface area contributed by atoms with E-state index >= 15 is 0 Å². The van der Waals surface area contributed by atoms with Crippen LogP contribution in [0.25, 0.3) is 0 Å². The Morgan fingerprint density at radius 2 is 1.91 bits per heavy atom. The molecular weight excluding hydrogens is 414 g/mol. The molecule has 11 heteroatoms. The number of nitrogens with two attached hydrogens (primary N) is 1. The summed E-state index contributed by atoms with van der Waals surface area (Å²) in [5, 5.41) is 10.4. The van der Waals surface area contributed by atoms with Gasteiger partial charge in [0.15, 0.2) is 0 Å². The number of imide groups is 2. The third-order valence-electron chi connectivity index (χ3n) is 6.30. The van der Waals surface area contributed by atoms with E-state index in [-0.39, 0.29) is 24.8 Å². The Hall–Kier alpha value is -3.44. The van der Waals surface area contributed by atoms with Crippen molar-refractivity contribution in [2.24, 2.45) is 5.73 Å². The lowest BCUT2D eigenvalue weighted by molar-refractivity contribution is -0.136. The number of hydrogen-bond acceptors (Lipinski definition) is 8. The van der Waals surface area contributed by atoms with Gasteiger partial charge in [0.1, 0.15) is 6.04 Å². The van der Waals surface area contributed by atoms with Gasteiger partial charge < -0.3 is 5.73 Å². The molecule has 3 aliphatic rings. The molecule has 0 bridgehead atoms. The van der Waals surface area contributed by atoms with E-state index in [0.717, 1.165) is 35.7 Å². The maximum atomic E-state index is 13.0. The van der Waals surface area contributed by atoms with Gasteiger partial charge in [-0.25, -0.2) is 4.68 Å². The first kappa shape index (κ1) is 20.5.